The normalized spacial score (nSPS) is 13.0. The van der Waals surface area contributed by atoms with Crippen molar-refractivity contribution in [3.05, 3.63) is 0 Å². The monoisotopic (exact) mass is 253 g/mol. The molecule has 0 amide bonds. The molecule has 98 valence electrons. The Morgan fingerprint density at radius 1 is 1.12 bits per heavy atom. The van der Waals surface area contributed by atoms with E-state index >= 15 is 0 Å². The third-order valence-corrected chi connectivity index (χ3v) is 2.99. The first kappa shape index (κ1) is 15.8. The largest absolute Gasteiger partial charge is 0.379 e. The summed E-state index contributed by atoms with van der Waals surface area (Å²) in [6, 6.07) is 0. The van der Waals surface area contributed by atoms with Gasteiger partial charge in [0.15, 0.2) is 0 Å². The van der Waals surface area contributed by atoms with Crippen molar-refractivity contribution in [3.8, 4) is 0 Å². The second kappa shape index (κ2) is 7.21. The molecule has 0 bridgehead atoms. The summed E-state index contributed by atoms with van der Waals surface area (Å²) >= 11 is 0. The van der Waals surface area contributed by atoms with Gasteiger partial charge in [-0.3, -0.25) is 0 Å². The van der Waals surface area contributed by atoms with Crippen LogP contribution in [-0.2, 0) is 19.5 Å². The van der Waals surface area contributed by atoms with Crippen molar-refractivity contribution < 1.29 is 17.9 Å². The minimum absolute atomic E-state index is 0.0736. The summed E-state index contributed by atoms with van der Waals surface area (Å²) < 4.78 is 32.4. The van der Waals surface area contributed by atoms with E-state index in [4.69, 9.17) is 14.6 Å². The Bertz CT molecular complexity index is 275. The fourth-order valence-corrected chi connectivity index (χ4v) is 2.47. The van der Waals surface area contributed by atoms with Crippen LogP contribution in [-0.4, -0.2) is 40.6 Å². The van der Waals surface area contributed by atoms with Crippen LogP contribution in [0, 0.1) is 5.41 Å². The van der Waals surface area contributed by atoms with Crippen LogP contribution in [0.4, 0.5) is 0 Å². The highest BCUT2D eigenvalue weighted by Crippen LogP contribution is 2.16. The molecule has 0 rings (SSSR count). The fourth-order valence-electron chi connectivity index (χ4n) is 1.30. The predicted molar refractivity (Wildman–Crippen MR) is 63.7 cm³/mol. The molecule has 2 N–H and O–H groups in total. The second-order valence-corrected chi connectivity index (χ2v) is 6.25. The van der Waals surface area contributed by atoms with Gasteiger partial charge in [-0.1, -0.05) is 20.8 Å². The van der Waals surface area contributed by atoms with Gasteiger partial charge in [0.05, 0.1) is 25.6 Å². The molecule has 0 aromatic carbocycles. The first-order valence-corrected chi connectivity index (χ1v) is 7.14. The first-order valence-electron chi connectivity index (χ1n) is 5.43. The standard InChI is InChI=1S/C10H23NO4S/c1-4-5-14-6-7-15-8-10(2,3)9-16(11,12)13/h4-9H2,1-3H3,(H2,11,12,13). The van der Waals surface area contributed by atoms with Gasteiger partial charge in [0.25, 0.3) is 0 Å². The molecule has 0 saturated heterocycles. The van der Waals surface area contributed by atoms with E-state index in [1.165, 1.54) is 0 Å². The zero-order valence-corrected chi connectivity index (χ0v) is 11.2. The lowest BCUT2D eigenvalue weighted by Gasteiger charge is -2.22. The van der Waals surface area contributed by atoms with Crippen LogP contribution in [0.3, 0.4) is 0 Å². The summed E-state index contributed by atoms with van der Waals surface area (Å²) in [5, 5.41) is 4.98. The lowest BCUT2D eigenvalue weighted by Crippen LogP contribution is -2.33. The highest BCUT2D eigenvalue weighted by molar-refractivity contribution is 7.89. The van der Waals surface area contributed by atoms with Crippen LogP contribution in [0.15, 0.2) is 0 Å². The Morgan fingerprint density at radius 3 is 2.19 bits per heavy atom. The minimum Gasteiger partial charge on any atom is -0.379 e. The number of hydrogen-bond donors (Lipinski definition) is 1. The van der Waals surface area contributed by atoms with Crippen LogP contribution in [0.25, 0.3) is 0 Å². The predicted octanol–water partition coefficient (Wildman–Crippen LogP) is 0.744. The Balaban J connectivity index is 3.66. The molecule has 0 spiro atoms. The molecule has 0 aliphatic rings. The van der Waals surface area contributed by atoms with Crippen molar-refractivity contribution in [1.29, 1.82) is 0 Å². The molecule has 0 radical (unpaired) electrons. The van der Waals surface area contributed by atoms with Crippen LogP contribution < -0.4 is 5.14 Å². The number of nitrogens with two attached hydrogens (primary N) is 1. The summed E-state index contributed by atoms with van der Waals surface area (Å²) in [6.45, 7) is 7.76. The number of sulfonamides is 1. The molecule has 6 heteroatoms. The molecule has 0 aromatic heterocycles. The van der Waals surface area contributed by atoms with Gasteiger partial charge in [-0.25, -0.2) is 13.6 Å². The number of primary sulfonamides is 1. The molecule has 0 saturated carbocycles. The van der Waals surface area contributed by atoms with Gasteiger partial charge < -0.3 is 9.47 Å². The van der Waals surface area contributed by atoms with E-state index in [1.807, 2.05) is 20.8 Å². The van der Waals surface area contributed by atoms with Gasteiger partial charge in [0, 0.05) is 12.0 Å². The van der Waals surface area contributed by atoms with Gasteiger partial charge in [0.1, 0.15) is 0 Å². The summed E-state index contributed by atoms with van der Waals surface area (Å²) in [5.74, 6) is -0.0736. The molecular formula is C10H23NO4S. The molecular weight excluding hydrogens is 230 g/mol. The Morgan fingerprint density at radius 2 is 1.69 bits per heavy atom. The second-order valence-electron chi connectivity index (χ2n) is 4.64. The maximum Gasteiger partial charge on any atom is 0.209 e. The van der Waals surface area contributed by atoms with E-state index in [0.717, 1.165) is 13.0 Å². The van der Waals surface area contributed by atoms with Gasteiger partial charge in [-0.15, -0.1) is 0 Å². The lowest BCUT2D eigenvalue weighted by molar-refractivity contribution is 0.0204. The maximum atomic E-state index is 10.9. The van der Waals surface area contributed by atoms with E-state index in [0.29, 0.717) is 19.8 Å². The van der Waals surface area contributed by atoms with Gasteiger partial charge in [-0.2, -0.15) is 0 Å². The van der Waals surface area contributed by atoms with Crippen molar-refractivity contribution in [3.63, 3.8) is 0 Å². The van der Waals surface area contributed by atoms with Crippen molar-refractivity contribution in [2.45, 2.75) is 27.2 Å². The van der Waals surface area contributed by atoms with Crippen molar-refractivity contribution >= 4 is 10.0 Å². The maximum absolute atomic E-state index is 10.9. The fraction of sp³-hybridized carbons (Fsp3) is 1.00. The van der Waals surface area contributed by atoms with Gasteiger partial charge in [0.2, 0.25) is 10.0 Å². The molecule has 5 nitrogen and oxygen atoms in total. The van der Waals surface area contributed by atoms with Crippen molar-refractivity contribution in [2.24, 2.45) is 10.6 Å². The summed E-state index contributed by atoms with van der Waals surface area (Å²) in [5.41, 5.74) is -0.460. The quantitative estimate of drug-likeness (QED) is 0.615. The Labute approximate surface area is 98.4 Å². The average Bonchev–Trinajstić information content (AvgIpc) is 2.06. The number of hydrogen-bond acceptors (Lipinski definition) is 4. The highest BCUT2D eigenvalue weighted by Gasteiger charge is 2.24. The molecule has 16 heavy (non-hydrogen) atoms. The van der Waals surface area contributed by atoms with Crippen LogP contribution in [0.2, 0.25) is 0 Å². The summed E-state index contributed by atoms with van der Waals surface area (Å²) in [6.07, 6.45) is 0.983. The zero-order chi connectivity index (χ0) is 12.7. The molecule has 0 unspecified atom stereocenters. The van der Waals surface area contributed by atoms with E-state index in [2.05, 4.69) is 0 Å². The number of ether oxygens (including phenoxy) is 2. The lowest BCUT2D eigenvalue weighted by atomic mass is 9.98. The van der Waals surface area contributed by atoms with E-state index in [-0.39, 0.29) is 5.75 Å². The van der Waals surface area contributed by atoms with Crippen molar-refractivity contribution in [1.82, 2.24) is 0 Å². The zero-order valence-electron chi connectivity index (χ0n) is 10.4. The molecule has 0 aliphatic carbocycles. The third kappa shape index (κ3) is 10.4. The minimum atomic E-state index is -3.44. The topological polar surface area (TPSA) is 78.6 Å². The molecule has 0 aromatic rings. The molecule has 0 heterocycles. The highest BCUT2D eigenvalue weighted by atomic mass is 32.2. The summed E-state index contributed by atoms with van der Waals surface area (Å²) in [4.78, 5) is 0. The van der Waals surface area contributed by atoms with Crippen molar-refractivity contribution in [2.75, 3.05) is 32.2 Å². The summed E-state index contributed by atoms with van der Waals surface area (Å²) in [7, 11) is -3.44. The number of rotatable bonds is 9. The van der Waals surface area contributed by atoms with Crippen LogP contribution >= 0.6 is 0 Å². The van der Waals surface area contributed by atoms with E-state index in [1.54, 1.807) is 0 Å². The van der Waals surface area contributed by atoms with Gasteiger partial charge >= 0.3 is 0 Å². The molecule has 0 fully saturated rings. The average molecular weight is 253 g/mol. The van der Waals surface area contributed by atoms with Crippen LogP contribution in [0.5, 0.6) is 0 Å². The van der Waals surface area contributed by atoms with Crippen LogP contribution in [0.1, 0.15) is 27.2 Å². The van der Waals surface area contributed by atoms with E-state index < -0.39 is 15.4 Å². The molecule has 0 aliphatic heterocycles. The smallest absolute Gasteiger partial charge is 0.209 e. The van der Waals surface area contributed by atoms with E-state index in [9.17, 15) is 8.42 Å². The Hall–Kier alpha value is -0.170. The Kier molecular flexibility index (Phi) is 7.14. The SMILES string of the molecule is CCCOCCOCC(C)(C)CS(N)(=O)=O. The van der Waals surface area contributed by atoms with Gasteiger partial charge in [-0.05, 0) is 6.42 Å². The third-order valence-electron chi connectivity index (χ3n) is 1.81. The molecule has 0 atom stereocenters. The first-order chi connectivity index (χ1) is 7.27.